The fourth-order valence-electron chi connectivity index (χ4n) is 4.04. The fourth-order valence-corrected chi connectivity index (χ4v) is 4.04. The number of hydrogen-bond acceptors (Lipinski definition) is 2. The number of anilines is 1. The summed E-state index contributed by atoms with van der Waals surface area (Å²) in [5.74, 6) is -1.63. The Labute approximate surface area is 160 Å². The minimum absolute atomic E-state index is 0.0634. The third-order valence-corrected chi connectivity index (χ3v) is 5.30. The Balaban J connectivity index is 1.61. The van der Waals surface area contributed by atoms with Gasteiger partial charge in [-0.2, -0.15) is 0 Å². The van der Waals surface area contributed by atoms with Gasteiger partial charge in [0.2, 0.25) is 5.91 Å². The molecular formula is C21H21F2N3O2. The highest BCUT2D eigenvalue weighted by Gasteiger charge is 2.26. The quantitative estimate of drug-likeness (QED) is 0.690. The van der Waals surface area contributed by atoms with Crippen molar-refractivity contribution in [3.8, 4) is 0 Å². The van der Waals surface area contributed by atoms with Crippen molar-refractivity contribution in [2.45, 2.75) is 39.3 Å². The van der Waals surface area contributed by atoms with Crippen molar-refractivity contribution in [3.05, 3.63) is 64.1 Å². The van der Waals surface area contributed by atoms with Crippen LogP contribution in [0.2, 0.25) is 0 Å². The third-order valence-electron chi connectivity index (χ3n) is 5.30. The number of carbonyl (C=O) groups excluding carboxylic acids is 1. The topological polar surface area (TPSA) is 47.2 Å². The Morgan fingerprint density at radius 2 is 1.82 bits per heavy atom. The lowest BCUT2D eigenvalue weighted by Gasteiger charge is -2.30. The Morgan fingerprint density at radius 1 is 1.11 bits per heavy atom. The predicted octanol–water partition coefficient (Wildman–Crippen LogP) is 3.47. The summed E-state index contributed by atoms with van der Waals surface area (Å²) < 4.78 is 31.1. The molecule has 0 saturated carbocycles. The molecular weight excluding hydrogens is 364 g/mol. The van der Waals surface area contributed by atoms with Crippen LogP contribution >= 0.6 is 0 Å². The van der Waals surface area contributed by atoms with Crippen LogP contribution in [0.4, 0.5) is 14.5 Å². The van der Waals surface area contributed by atoms with Gasteiger partial charge in [0.15, 0.2) is 0 Å². The molecule has 0 radical (unpaired) electrons. The molecule has 0 fully saturated rings. The number of halogens is 2. The minimum atomic E-state index is -0.720. The van der Waals surface area contributed by atoms with Crippen molar-refractivity contribution in [2.75, 3.05) is 11.4 Å². The third kappa shape index (κ3) is 3.00. The number of benzene rings is 2. The Bertz CT molecular complexity index is 1120. The molecule has 0 atom stereocenters. The lowest BCUT2D eigenvalue weighted by molar-refractivity contribution is -0.118. The van der Waals surface area contributed by atoms with Crippen LogP contribution in [-0.2, 0) is 24.3 Å². The molecule has 0 spiro atoms. The first-order valence-corrected chi connectivity index (χ1v) is 9.47. The van der Waals surface area contributed by atoms with Gasteiger partial charge in [-0.05, 0) is 43.5 Å². The zero-order valence-electron chi connectivity index (χ0n) is 15.6. The normalized spacial score (nSPS) is 13.8. The maximum Gasteiger partial charge on any atom is 0.329 e. The summed E-state index contributed by atoms with van der Waals surface area (Å²) >= 11 is 0. The number of amides is 1. The number of rotatable bonds is 4. The molecule has 146 valence electrons. The highest BCUT2D eigenvalue weighted by atomic mass is 19.1. The Kier molecular flexibility index (Phi) is 4.75. The van der Waals surface area contributed by atoms with Crippen LogP contribution in [0.5, 0.6) is 0 Å². The predicted molar refractivity (Wildman–Crippen MR) is 104 cm³/mol. The van der Waals surface area contributed by atoms with Gasteiger partial charge in [0.25, 0.3) is 0 Å². The lowest BCUT2D eigenvalue weighted by Crippen LogP contribution is -2.37. The number of para-hydroxylation sites is 2. The van der Waals surface area contributed by atoms with Crippen LogP contribution in [0.15, 0.2) is 41.2 Å². The van der Waals surface area contributed by atoms with Crippen molar-refractivity contribution in [3.63, 3.8) is 0 Å². The van der Waals surface area contributed by atoms with Crippen LogP contribution in [0.3, 0.4) is 0 Å². The van der Waals surface area contributed by atoms with E-state index >= 15 is 0 Å². The molecule has 2 aromatic carbocycles. The number of fused-ring (bicyclic) bond motifs is 2. The van der Waals surface area contributed by atoms with Gasteiger partial charge in [-0.25, -0.2) is 13.6 Å². The van der Waals surface area contributed by atoms with Crippen molar-refractivity contribution in [1.29, 1.82) is 0 Å². The van der Waals surface area contributed by atoms with Crippen molar-refractivity contribution in [1.82, 2.24) is 9.13 Å². The number of hydrogen-bond donors (Lipinski definition) is 0. The van der Waals surface area contributed by atoms with E-state index in [1.54, 1.807) is 9.13 Å². The van der Waals surface area contributed by atoms with Gasteiger partial charge in [0, 0.05) is 32.1 Å². The standard InChI is InChI=1S/C21H21F2N3O2/c1-2-24-17-7-3-4-8-18(17)25(21(24)28)11-9-19(27)26-10-5-6-14-12-15(22)13-16(23)20(14)26/h3-4,7-8,12-13H,2,5-6,9-11H2,1H3. The molecule has 0 unspecified atom stereocenters. The molecule has 1 amide bonds. The molecule has 2 heterocycles. The zero-order chi connectivity index (χ0) is 19.8. The SMILES string of the molecule is CCn1c(=O)n(CCC(=O)N2CCCc3cc(F)cc(F)c32)c2ccccc21. The lowest BCUT2D eigenvalue weighted by atomic mass is 10.0. The van der Waals surface area contributed by atoms with Gasteiger partial charge < -0.3 is 4.90 Å². The van der Waals surface area contributed by atoms with Gasteiger partial charge in [-0.15, -0.1) is 0 Å². The Hall–Kier alpha value is -2.96. The van der Waals surface area contributed by atoms with Gasteiger partial charge in [-0.1, -0.05) is 12.1 Å². The van der Waals surface area contributed by atoms with Gasteiger partial charge >= 0.3 is 5.69 Å². The molecule has 28 heavy (non-hydrogen) atoms. The molecule has 3 aromatic rings. The van der Waals surface area contributed by atoms with Crippen molar-refractivity contribution < 1.29 is 13.6 Å². The van der Waals surface area contributed by atoms with E-state index in [4.69, 9.17) is 0 Å². The maximum absolute atomic E-state index is 14.3. The summed E-state index contributed by atoms with van der Waals surface area (Å²) in [6, 6.07) is 9.55. The van der Waals surface area contributed by atoms with Crippen molar-refractivity contribution in [2.24, 2.45) is 0 Å². The second-order valence-corrected chi connectivity index (χ2v) is 6.96. The van der Waals surface area contributed by atoms with Crippen molar-refractivity contribution >= 4 is 22.6 Å². The molecule has 1 aliphatic heterocycles. The van der Waals surface area contributed by atoms with E-state index in [1.807, 2.05) is 31.2 Å². The number of imidazole rings is 1. The smallest absolute Gasteiger partial charge is 0.309 e. The second-order valence-electron chi connectivity index (χ2n) is 6.96. The molecule has 1 aliphatic rings. The summed E-state index contributed by atoms with van der Waals surface area (Å²) in [5, 5.41) is 0. The number of aryl methyl sites for hydroxylation is 3. The number of nitrogens with zero attached hydrogens (tertiary/aromatic N) is 3. The molecule has 1 aromatic heterocycles. The number of aromatic nitrogens is 2. The van der Waals surface area contributed by atoms with E-state index in [-0.39, 0.29) is 30.2 Å². The van der Waals surface area contributed by atoms with Gasteiger partial charge in [0.05, 0.1) is 16.7 Å². The first-order valence-electron chi connectivity index (χ1n) is 9.47. The molecule has 5 nitrogen and oxygen atoms in total. The summed E-state index contributed by atoms with van der Waals surface area (Å²) in [5.41, 5.74) is 2.11. The Morgan fingerprint density at radius 3 is 2.54 bits per heavy atom. The molecule has 7 heteroatoms. The van der Waals surface area contributed by atoms with Crippen LogP contribution in [0, 0.1) is 11.6 Å². The van der Waals surface area contributed by atoms with E-state index in [2.05, 4.69) is 0 Å². The maximum atomic E-state index is 14.3. The molecule has 0 N–H and O–H groups in total. The van der Waals surface area contributed by atoms with Crippen LogP contribution in [0.25, 0.3) is 11.0 Å². The monoisotopic (exact) mass is 385 g/mol. The van der Waals surface area contributed by atoms with E-state index in [0.29, 0.717) is 31.5 Å². The average Bonchev–Trinajstić information content (AvgIpc) is 2.96. The van der Waals surface area contributed by atoms with E-state index in [9.17, 15) is 18.4 Å². The van der Waals surface area contributed by atoms with E-state index in [0.717, 1.165) is 17.1 Å². The van der Waals surface area contributed by atoms with E-state index in [1.165, 1.54) is 11.0 Å². The summed E-state index contributed by atoms with van der Waals surface area (Å²) in [7, 11) is 0. The molecule has 0 saturated heterocycles. The molecule has 0 aliphatic carbocycles. The summed E-state index contributed by atoms with van der Waals surface area (Å²) in [6.45, 7) is 3.03. The molecule has 0 bridgehead atoms. The van der Waals surface area contributed by atoms with Crippen LogP contribution in [0.1, 0.15) is 25.3 Å². The summed E-state index contributed by atoms with van der Waals surface area (Å²) in [6.07, 6.45) is 1.25. The zero-order valence-corrected chi connectivity index (χ0v) is 15.6. The second kappa shape index (κ2) is 7.22. The number of carbonyl (C=O) groups is 1. The average molecular weight is 385 g/mol. The highest BCUT2D eigenvalue weighted by Crippen LogP contribution is 2.31. The van der Waals surface area contributed by atoms with E-state index < -0.39 is 11.6 Å². The van der Waals surface area contributed by atoms with Crippen LogP contribution < -0.4 is 10.6 Å². The van der Waals surface area contributed by atoms with Crippen LogP contribution in [-0.4, -0.2) is 21.6 Å². The largest absolute Gasteiger partial charge is 0.329 e. The minimum Gasteiger partial charge on any atom is -0.309 e. The first-order chi connectivity index (χ1) is 13.5. The highest BCUT2D eigenvalue weighted by molar-refractivity contribution is 5.94. The molecule has 4 rings (SSSR count). The van der Waals surface area contributed by atoms with Gasteiger partial charge in [-0.3, -0.25) is 13.9 Å². The fraction of sp³-hybridized carbons (Fsp3) is 0.333. The van der Waals surface area contributed by atoms with Gasteiger partial charge in [0.1, 0.15) is 11.6 Å². The first kappa shape index (κ1) is 18.4. The summed E-state index contributed by atoms with van der Waals surface area (Å²) in [4.78, 5) is 26.9.